The van der Waals surface area contributed by atoms with E-state index >= 15 is 0 Å². The number of anilines is 1. The van der Waals surface area contributed by atoms with Crippen LogP contribution >= 0.6 is 11.3 Å². The van der Waals surface area contributed by atoms with E-state index < -0.39 is 16.8 Å². The number of benzene rings is 1. The normalized spacial score (nSPS) is 18.2. The highest BCUT2D eigenvalue weighted by Gasteiger charge is 2.30. The number of non-ortho nitro benzene ring substituents is 1. The Kier molecular flexibility index (Phi) is 7.01. The fraction of sp³-hybridized carbons (Fsp3) is 0.381. The van der Waals surface area contributed by atoms with Gasteiger partial charge in [0.25, 0.3) is 11.6 Å². The molecule has 31 heavy (non-hydrogen) atoms. The number of aliphatic carboxylic acids is 1. The third kappa shape index (κ3) is 5.66. The van der Waals surface area contributed by atoms with Gasteiger partial charge in [0.15, 0.2) is 0 Å². The van der Waals surface area contributed by atoms with Crippen molar-refractivity contribution in [2.75, 3.05) is 5.32 Å². The van der Waals surface area contributed by atoms with Gasteiger partial charge in [-0.2, -0.15) is 0 Å². The molecule has 1 aromatic carbocycles. The van der Waals surface area contributed by atoms with Crippen LogP contribution in [0.4, 0.5) is 10.7 Å². The van der Waals surface area contributed by atoms with Crippen LogP contribution in [0.5, 0.6) is 0 Å². The van der Waals surface area contributed by atoms with Crippen LogP contribution < -0.4 is 10.6 Å². The summed E-state index contributed by atoms with van der Waals surface area (Å²) in [5.74, 6) is -2.10. The zero-order valence-corrected chi connectivity index (χ0v) is 17.7. The first kappa shape index (κ1) is 22.4. The van der Waals surface area contributed by atoms with E-state index in [0.717, 1.165) is 4.88 Å². The second-order valence-corrected chi connectivity index (χ2v) is 8.84. The molecule has 3 rings (SSSR count). The van der Waals surface area contributed by atoms with Crippen molar-refractivity contribution in [3.63, 3.8) is 0 Å². The molecule has 164 valence electrons. The highest BCUT2D eigenvalue weighted by molar-refractivity contribution is 7.16. The lowest BCUT2D eigenvalue weighted by molar-refractivity contribution is -0.384. The minimum absolute atomic E-state index is 0.0521. The van der Waals surface area contributed by atoms with Crippen molar-refractivity contribution in [3.05, 3.63) is 56.5 Å². The zero-order chi connectivity index (χ0) is 22.5. The first-order chi connectivity index (χ1) is 14.7. The number of amides is 2. The Morgan fingerprint density at radius 1 is 1.16 bits per heavy atom. The second-order valence-electron chi connectivity index (χ2n) is 7.59. The SMILES string of the molecule is Cc1cc(C(=O)NCc2cccc([N+](=O)[O-])c2)c(NC(=O)C2CCC(C(=O)O)CC2)s1. The summed E-state index contributed by atoms with van der Waals surface area (Å²) >= 11 is 1.29. The number of rotatable bonds is 7. The maximum atomic E-state index is 12.7. The Hall–Kier alpha value is -3.27. The molecular formula is C21H23N3O6S. The fourth-order valence-electron chi connectivity index (χ4n) is 3.65. The molecule has 1 saturated carbocycles. The maximum Gasteiger partial charge on any atom is 0.306 e. The molecule has 0 saturated heterocycles. The van der Waals surface area contributed by atoms with Gasteiger partial charge in [-0.3, -0.25) is 24.5 Å². The van der Waals surface area contributed by atoms with Gasteiger partial charge < -0.3 is 15.7 Å². The molecule has 1 fully saturated rings. The van der Waals surface area contributed by atoms with Crippen molar-refractivity contribution in [3.8, 4) is 0 Å². The van der Waals surface area contributed by atoms with E-state index in [1.54, 1.807) is 18.2 Å². The van der Waals surface area contributed by atoms with Gasteiger partial charge in [0.1, 0.15) is 5.00 Å². The molecule has 0 atom stereocenters. The van der Waals surface area contributed by atoms with E-state index in [1.165, 1.54) is 23.5 Å². The van der Waals surface area contributed by atoms with E-state index in [9.17, 15) is 24.5 Å². The van der Waals surface area contributed by atoms with Crippen LogP contribution in [0.3, 0.4) is 0 Å². The summed E-state index contributed by atoms with van der Waals surface area (Å²) in [6.45, 7) is 1.94. The van der Waals surface area contributed by atoms with Gasteiger partial charge in [0, 0.05) is 29.5 Å². The van der Waals surface area contributed by atoms with Gasteiger partial charge in [-0.05, 0) is 44.2 Å². The summed E-state index contributed by atoms with van der Waals surface area (Å²) in [4.78, 5) is 47.7. The molecule has 9 nitrogen and oxygen atoms in total. The average molecular weight is 445 g/mol. The van der Waals surface area contributed by atoms with E-state index in [2.05, 4.69) is 10.6 Å². The molecule has 0 bridgehead atoms. The van der Waals surface area contributed by atoms with Crippen molar-refractivity contribution in [2.24, 2.45) is 11.8 Å². The third-order valence-corrected chi connectivity index (χ3v) is 6.32. The van der Waals surface area contributed by atoms with Crippen molar-refractivity contribution in [1.82, 2.24) is 5.32 Å². The highest BCUT2D eigenvalue weighted by atomic mass is 32.1. The van der Waals surface area contributed by atoms with Crippen LogP contribution in [-0.2, 0) is 16.1 Å². The molecule has 1 aliphatic carbocycles. The Morgan fingerprint density at radius 3 is 2.48 bits per heavy atom. The molecule has 2 amide bonds. The minimum atomic E-state index is -0.824. The summed E-state index contributed by atoms with van der Waals surface area (Å²) in [5.41, 5.74) is 0.875. The zero-order valence-electron chi connectivity index (χ0n) is 16.9. The van der Waals surface area contributed by atoms with Crippen LogP contribution in [-0.4, -0.2) is 27.8 Å². The number of nitrogens with one attached hydrogen (secondary N) is 2. The van der Waals surface area contributed by atoms with Gasteiger partial charge in [-0.1, -0.05) is 12.1 Å². The number of nitro benzene ring substituents is 1. The van der Waals surface area contributed by atoms with Gasteiger partial charge >= 0.3 is 5.97 Å². The van der Waals surface area contributed by atoms with Crippen molar-refractivity contribution in [2.45, 2.75) is 39.2 Å². The summed E-state index contributed by atoms with van der Waals surface area (Å²) in [7, 11) is 0. The summed E-state index contributed by atoms with van der Waals surface area (Å²) in [6.07, 6.45) is 1.93. The van der Waals surface area contributed by atoms with E-state index in [0.29, 0.717) is 41.8 Å². The number of hydrogen-bond donors (Lipinski definition) is 3. The molecule has 0 aliphatic heterocycles. The van der Waals surface area contributed by atoms with Crippen molar-refractivity contribution < 1.29 is 24.4 Å². The second kappa shape index (κ2) is 9.69. The lowest BCUT2D eigenvalue weighted by atomic mass is 9.81. The number of carbonyl (C=O) groups is 3. The Morgan fingerprint density at radius 2 is 1.84 bits per heavy atom. The quantitative estimate of drug-likeness (QED) is 0.438. The summed E-state index contributed by atoms with van der Waals surface area (Å²) < 4.78 is 0. The molecular weight excluding hydrogens is 422 g/mol. The molecule has 1 aliphatic rings. The molecule has 10 heteroatoms. The van der Waals surface area contributed by atoms with Crippen molar-refractivity contribution in [1.29, 1.82) is 0 Å². The third-order valence-electron chi connectivity index (χ3n) is 5.36. The van der Waals surface area contributed by atoms with E-state index in [4.69, 9.17) is 5.11 Å². The number of carbonyl (C=O) groups excluding carboxylic acids is 2. The monoisotopic (exact) mass is 445 g/mol. The number of nitro groups is 1. The van der Waals surface area contributed by atoms with Crippen LogP contribution in [0.25, 0.3) is 0 Å². The van der Waals surface area contributed by atoms with Crippen LogP contribution in [0, 0.1) is 28.9 Å². The van der Waals surface area contributed by atoms with Gasteiger partial charge in [0.05, 0.1) is 16.4 Å². The maximum absolute atomic E-state index is 12.7. The molecule has 1 heterocycles. The lowest BCUT2D eigenvalue weighted by Gasteiger charge is -2.25. The first-order valence-electron chi connectivity index (χ1n) is 9.90. The Balaban J connectivity index is 1.62. The fourth-order valence-corrected chi connectivity index (χ4v) is 4.56. The molecule has 0 unspecified atom stereocenters. The number of aryl methyl sites for hydroxylation is 1. The number of carboxylic acid groups (broad SMARTS) is 1. The van der Waals surface area contributed by atoms with Crippen LogP contribution in [0.15, 0.2) is 30.3 Å². The van der Waals surface area contributed by atoms with Crippen LogP contribution in [0.2, 0.25) is 0 Å². The van der Waals surface area contributed by atoms with Crippen LogP contribution in [0.1, 0.15) is 46.5 Å². The molecule has 0 spiro atoms. The molecule has 1 aromatic heterocycles. The molecule has 3 N–H and O–H groups in total. The lowest BCUT2D eigenvalue weighted by Crippen LogP contribution is -2.30. The highest BCUT2D eigenvalue weighted by Crippen LogP contribution is 2.32. The van der Waals surface area contributed by atoms with Crippen molar-refractivity contribution >= 4 is 39.8 Å². The topological polar surface area (TPSA) is 139 Å². The number of hydrogen-bond acceptors (Lipinski definition) is 6. The summed E-state index contributed by atoms with van der Waals surface area (Å²) in [6, 6.07) is 7.70. The largest absolute Gasteiger partial charge is 0.481 e. The predicted molar refractivity (Wildman–Crippen MR) is 115 cm³/mol. The first-order valence-corrected chi connectivity index (χ1v) is 10.7. The summed E-state index contributed by atoms with van der Waals surface area (Å²) in [5, 5.41) is 26.0. The predicted octanol–water partition coefficient (Wildman–Crippen LogP) is 3.72. The molecule has 2 aromatic rings. The number of thiophene rings is 1. The van der Waals surface area contributed by atoms with Gasteiger partial charge in [0.2, 0.25) is 5.91 Å². The average Bonchev–Trinajstić information content (AvgIpc) is 3.12. The van der Waals surface area contributed by atoms with Gasteiger partial charge in [-0.25, -0.2) is 0 Å². The smallest absolute Gasteiger partial charge is 0.306 e. The van der Waals surface area contributed by atoms with Gasteiger partial charge in [-0.15, -0.1) is 11.3 Å². The Labute approximate surface area is 182 Å². The number of nitrogens with zero attached hydrogens (tertiary/aromatic N) is 1. The standard InChI is InChI=1S/C21H23N3O6S/c1-12-9-17(19(26)22-11-13-3-2-4-16(10-13)24(29)30)20(31-12)23-18(25)14-5-7-15(8-6-14)21(27)28/h2-4,9-10,14-15H,5-8,11H2,1H3,(H,22,26)(H,23,25)(H,27,28). The Bertz CT molecular complexity index is 1010. The minimum Gasteiger partial charge on any atom is -0.481 e. The van der Waals surface area contributed by atoms with E-state index in [-0.39, 0.29) is 30.0 Å². The molecule has 0 radical (unpaired) electrons. The number of carboxylic acids is 1. The van der Waals surface area contributed by atoms with E-state index in [1.807, 2.05) is 6.92 Å².